The van der Waals surface area contributed by atoms with Crippen LogP contribution in [0.3, 0.4) is 0 Å². The van der Waals surface area contributed by atoms with Crippen LogP contribution < -0.4 is 5.73 Å². The number of hydrogen-bond donors (Lipinski definition) is 1. The summed E-state index contributed by atoms with van der Waals surface area (Å²) in [6.07, 6.45) is 0.784. The Kier molecular flexibility index (Phi) is 3.34. The topological polar surface area (TPSA) is 72.6 Å². The number of hydrogen-bond acceptors (Lipinski definition) is 4. The van der Waals surface area contributed by atoms with Crippen molar-refractivity contribution in [2.75, 3.05) is 6.54 Å². The van der Waals surface area contributed by atoms with Crippen LogP contribution in [0.2, 0.25) is 0 Å². The molecule has 0 aromatic heterocycles. The van der Waals surface area contributed by atoms with E-state index in [0.29, 0.717) is 13.0 Å². The summed E-state index contributed by atoms with van der Waals surface area (Å²) in [6, 6.07) is -0.564. The fourth-order valence-electron chi connectivity index (χ4n) is 1.40. The van der Waals surface area contributed by atoms with Gasteiger partial charge in [-0.3, -0.25) is 4.79 Å². The maximum Gasteiger partial charge on any atom is 0.417 e. The first-order chi connectivity index (χ1) is 6.81. The fourth-order valence-corrected chi connectivity index (χ4v) is 1.40. The summed E-state index contributed by atoms with van der Waals surface area (Å²) < 4.78 is 5.11. The molecule has 5 nitrogen and oxygen atoms in total. The molecule has 1 aliphatic rings. The summed E-state index contributed by atoms with van der Waals surface area (Å²) in [4.78, 5) is 24.2. The molecule has 0 radical (unpaired) electrons. The van der Waals surface area contributed by atoms with Crippen molar-refractivity contribution in [3.63, 3.8) is 0 Å². The molecule has 0 unspecified atom stereocenters. The van der Waals surface area contributed by atoms with E-state index in [4.69, 9.17) is 10.5 Å². The third-order valence-corrected chi connectivity index (χ3v) is 2.09. The standard InChI is InChI=1S/C10H18N2O3/c1-10(2,3)15-9(14)12-6-4-5-7(11)8(12)13/h7H,4-6,11H2,1-3H3/t7-/m0/s1. The Morgan fingerprint density at radius 1 is 1.53 bits per heavy atom. The van der Waals surface area contributed by atoms with Gasteiger partial charge in [-0.2, -0.15) is 0 Å². The van der Waals surface area contributed by atoms with Crippen molar-refractivity contribution in [1.82, 2.24) is 4.90 Å². The van der Waals surface area contributed by atoms with Gasteiger partial charge in [-0.15, -0.1) is 0 Å². The largest absolute Gasteiger partial charge is 0.443 e. The number of nitrogens with two attached hydrogens (primary N) is 1. The van der Waals surface area contributed by atoms with E-state index in [1.165, 1.54) is 0 Å². The van der Waals surface area contributed by atoms with E-state index in [-0.39, 0.29) is 5.91 Å². The van der Waals surface area contributed by atoms with Crippen molar-refractivity contribution in [3.8, 4) is 0 Å². The smallest absolute Gasteiger partial charge is 0.417 e. The molecule has 2 N–H and O–H groups in total. The SMILES string of the molecule is CC(C)(C)OC(=O)N1CCC[C@H](N)C1=O. The quantitative estimate of drug-likeness (QED) is 0.649. The van der Waals surface area contributed by atoms with Crippen molar-refractivity contribution in [1.29, 1.82) is 0 Å². The monoisotopic (exact) mass is 214 g/mol. The predicted octanol–water partition coefficient (Wildman–Crippen LogP) is 0.871. The number of rotatable bonds is 0. The molecular weight excluding hydrogens is 196 g/mol. The van der Waals surface area contributed by atoms with Gasteiger partial charge >= 0.3 is 6.09 Å². The Balaban J connectivity index is 2.63. The van der Waals surface area contributed by atoms with Gasteiger partial charge in [0.1, 0.15) is 5.60 Å². The molecule has 0 spiro atoms. The van der Waals surface area contributed by atoms with Gasteiger partial charge in [-0.05, 0) is 33.6 Å². The van der Waals surface area contributed by atoms with Crippen molar-refractivity contribution >= 4 is 12.0 Å². The van der Waals surface area contributed by atoms with Gasteiger partial charge in [0.2, 0.25) is 5.91 Å². The zero-order valence-corrected chi connectivity index (χ0v) is 9.45. The lowest BCUT2D eigenvalue weighted by Crippen LogP contribution is -2.52. The molecule has 0 saturated carbocycles. The lowest BCUT2D eigenvalue weighted by atomic mass is 10.1. The Morgan fingerprint density at radius 3 is 2.67 bits per heavy atom. The first-order valence-electron chi connectivity index (χ1n) is 5.11. The van der Waals surface area contributed by atoms with Crippen LogP contribution in [0.1, 0.15) is 33.6 Å². The Morgan fingerprint density at radius 2 is 2.13 bits per heavy atom. The minimum Gasteiger partial charge on any atom is -0.443 e. The van der Waals surface area contributed by atoms with Gasteiger partial charge < -0.3 is 10.5 Å². The third kappa shape index (κ3) is 3.20. The molecule has 0 bridgehead atoms. The van der Waals surface area contributed by atoms with E-state index in [2.05, 4.69) is 0 Å². The van der Waals surface area contributed by atoms with Crippen LogP contribution in [-0.2, 0) is 9.53 Å². The Bertz CT molecular complexity index is 270. The van der Waals surface area contributed by atoms with Crippen molar-refractivity contribution in [2.45, 2.75) is 45.3 Å². The zero-order chi connectivity index (χ0) is 11.6. The van der Waals surface area contributed by atoms with Gasteiger partial charge in [0.05, 0.1) is 6.04 Å². The molecule has 1 rings (SSSR count). The van der Waals surface area contributed by atoms with E-state index >= 15 is 0 Å². The zero-order valence-electron chi connectivity index (χ0n) is 9.45. The van der Waals surface area contributed by atoms with Gasteiger partial charge in [-0.1, -0.05) is 0 Å². The summed E-state index contributed by atoms with van der Waals surface area (Å²) in [5, 5.41) is 0. The minimum atomic E-state index is -0.595. The van der Waals surface area contributed by atoms with Crippen LogP contribution in [0, 0.1) is 0 Å². The second kappa shape index (κ2) is 4.18. The van der Waals surface area contributed by atoms with Gasteiger partial charge in [-0.25, -0.2) is 9.69 Å². The third-order valence-electron chi connectivity index (χ3n) is 2.09. The number of amides is 2. The molecule has 1 atom stereocenters. The van der Waals surface area contributed by atoms with Gasteiger partial charge in [0.25, 0.3) is 0 Å². The number of piperidine rings is 1. The predicted molar refractivity (Wildman–Crippen MR) is 55.2 cm³/mol. The summed E-state index contributed by atoms with van der Waals surface area (Å²) in [6.45, 7) is 5.69. The highest BCUT2D eigenvalue weighted by Crippen LogP contribution is 2.15. The van der Waals surface area contributed by atoms with Crippen LogP contribution in [0.4, 0.5) is 4.79 Å². The number of nitrogens with zero attached hydrogens (tertiary/aromatic N) is 1. The number of imide groups is 1. The number of carbonyl (C=O) groups excluding carboxylic acids is 2. The highest BCUT2D eigenvalue weighted by Gasteiger charge is 2.33. The second-order valence-corrected chi connectivity index (χ2v) is 4.72. The van der Waals surface area contributed by atoms with Crippen molar-refractivity contribution in [3.05, 3.63) is 0 Å². The van der Waals surface area contributed by atoms with E-state index in [1.54, 1.807) is 20.8 Å². The normalized spacial score (nSPS) is 22.8. The Labute approximate surface area is 89.6 Å². The average molecular weight is 214 g/mol. The molecule has 86 valence electrons. The fraction of sp³-hybridized carbons (Fsp3) is 0.800. The number of carbonyl (C=O) groups is 2. The minimum absolute atomic E-state index is 0.337. The average Bonchev–Trinajstić information content (AvgIpc) is 2.06. The molecule has 5 heteroatoms. The van der Waals surface area contributed by atoms with Crippen LogP contribution in [-0.4, -0.2) is 35.1 Å². The molecule has 15 heavy (non-hydrogen) atoms. The van der Waals surface area contributed by atoms with Gasteiger partial charge in [0.15, 0.2) is 0 Å². The molecule has 1 saturated heterocycles. The number of likely N-dealkylation sites (tertiary alicyclic amines) is 1. The van der Waals surface area contributed by atoms with Crippen LogP contribution >= 0.6 is 0 Å². The lowest BCUT2D eigenvalue weighted by Gasteiger charge is -2.30. The summed E-state index contributed by atoms with van der Waals surface area (Å²) in [7, 11) is 0. The van der Waals surface area contributed by atoms with Crippen molar-refractivity contribution < 1.29 is 14.3 Å². The number of ether oxygens (including phenoxy) is 1. The first kappa shape index (κ1) is 12.0. The molecule has 1 heterocycles. The van der Waals surface area contributed by atoms with Crippen LogP contribution in [0.15, 0.2) is 0 Å². The molecule has 1 fully saturated rings. The van der Waals surface area contributed by atoms with E-state index in [0.717, 1.165) is 11.3 Å². The second-order valence-electron chi connectivity index (χ2n) is 4.72. The Hall–Kier alpha value is -1.10. The van der Waals surface area contributed by atoms with Gasteiger partial charge in [0, 0.05) is 6.54 Å². The van der Waals surface area contributed by atoms with Crippen LogP contribution in [0.25, 0.3) is 0 Å². The maximum atomic E-state index is 11.6. The first-order valence-corrected chi connectivity index (χ1v) is 5.11. The molecule has 2 amide bonds. The van der Waals surface area contributed by atoms with E-state index in [9.17, 15) is 9.59 Å². The van der Waals surface area contributed by atoms with Crippen molar-refractivity contribution in [2.24, 2.45) is 5.73 Å². The summed E-state index contributed by atoms with van der Waals surface area (Å²) >= 11 is 0. The molecule has 1 aliphatic heterocycles. The summed E-state index contributed by atoms with van der Waals surface area (Å²) in [5.41, 5.74) is 4.99. The molecular formula is C10H18N2O3. The highest BCUT2D eigenvalue weighted by molar-refractivity contribution is 5.95. The molecule has 0 aliphatic carbocycles. The highest BCUT2D eigenvalue weighted by atomic mass is 16.6. The van der Waals surface area contributed by atoms with E-state index in [1.807, 2.05) is 0 Å². The van der Waals surface area contributed by atoms with E-state index < -0.39 is 17.7 Å². The summed E-state index contributed by atoms with van der Waals surface area (Å²) in [5.74, 6) is -0.337. The molecule has 0 aromatic rings. The molecule has 0 aromatic carbocycles. The lowest BCUT2D eigenvalue weighted by molar-refractivity contribution is -0.133. The maximum absolute atomic E-state index is 11.6. The van der Waals surface area contributed by atoms with Crippen LogP contribution in [0.5, 0.6) is 0 Å².